The maximum absolute atomic E-state index is 13.5. The van der Waals surface area contributed by atoms with Crippen molar-refractivity contribution in [3.8, 4) is 5.69 Å². The van der Waals surface area contributed by atoms with E-state index >= 15 is 0 Å². The van der Waals surface area contributed by atoms with Gasteiger partial charge in [-0.25, -0.2) is 4.98 Å². The minimum Gasteiger partial charge on any atom is -0.378 e. The normalized spacial score (nSPS) is 16.2. The van der Waals surface area contributed by atoms with Crippen LogP contribution in [0.4, 0.5) is 0 Å². The Morgan fingerprint density at radius 1 is 1.09 bits per heavy atom. The summed E-state index contributed by atoms with van der Waals surface area (Å²) in [4.78, 5) is 33.1. The summed E-state index contributed by atoms with van der Waals surface area (Å²) in [5.41, 5.74) is 2.51. The SMILES string of the molecule is CCC(C)c1ccc(-n2c(SC(C)C(=O)N3CCOCC3)nc3ccccc3c2=O)cc1. The molecular weight excluding hydrogens is 422 g/mol. The van der Waals surface area contributed by atoms with E-state index in [0.29, 0.717) is 48.3 Å². The highest BCUT2D eigenvalue weighted by atomic mass is 32.2. The van der Waals surface area contributed by atoms with Gasteiger partial charge in [-0.05, 0) is 49.1 Å². The lowest BCUT2D eigenvalue weighted by molar-refractivity contribution is -0.134. The number of hydrogen-bond acceptors (Lipinski definition) is 5. The smallest absolute Gasteiger partial charge is 0.266 e. The zero-order chi connectivity index (χ0) is 22.7. The molecule has 0 saturated carbocycles. The second-order valence-electron chi connectivity index (χ2n) is 8.15. The number of aromatic nitrogens is 2. The molecule has 1 amide bonds. The zero-order valence-corrected chi connectivity index (χ0v) is 19.6. The summed E-state index contributed by atoms with van der Waals surface area (Å²) in [6, 6.07) is 15.4. The number of fused-ring (bicyclic) bond motifs is 1. The van der Waals surface area contributed by atoms with E-state index in [1.165, 1.54) is 17.3 Å². The topological polar surface area (TPSA) is 64.4 Å². The molecule has 1 aliphatic heterocycles. The number of nitrogens with zero attached hydrogens (tertiary/aromatic N) is 3. The van der Waals surface area contributed by atoms with Crippen molar-refractivity contribution in [1.82, 2.24) is 14.5 Å². The number of carbonyl (C=O) groups is 1. The Labute approximate surface area is 192 Å². The molecule has 6 nitrogen and oxygen atoms in total. The Morgan fingerprint density at radius 2 is 1.78 bits per heavy atom. The van der Waals surface area contributed by atoms with E-state index in [2.05, 4.69) is 26.0 Å². The number of benzene rings is 2. The van der Waals surface area contributed by atoms with Gasteiger partial charge in [-0.3, -0.25) is 14.2 Å². The Hall–Kier alpha value is -2.64. The molecule has 1 saturated heterocycles. The van der Waals surface area contributed by atoms with Crippen LogP contribution >= 0.6 is 11.8 Å². The molecule has 0 radical (unpaired) electrons. The maximum Gasteiger partial charge on any atom is 0.266 e. The summed E-state index contributed by atoms with van der Waals surface area (Å²) in [5.74, 6) is 0.495. The van der Waals surface area contributed by atoms with Crippen molar-refractivity contribution >= 4 is 28.6 Å². The number of thioether (sulfide) groups is 1. The van der Waals surface area contributed by atoms with Crippen molar-refractivity contribution in [2.75, 3.05) is 26.3 Å². The molecule has 3 aromatic rings. The van der Waals surface area contributed by atoms with Gasteiger partial charge in [0.05, 0.1) is 35.1 Å². The van der Waals surface area contributed by atoms with Crippen LogP contribution in [0.25, 0.3) is 16.6 Å². The molecule has 0 aliphatic carbocycles. The van der Waals surface area contributed by atoms with Crippen LogP contribution in [0.3, 0.4) is 0 Å². The van der Waals surface area contributed by atoms with E-state index in [0.717, 1.165) is 12.1 Å². The van der Waals surface area contributed by atoms with Crippen molar-refractivity contribution in [3.63, 3.8) is 0 Å². The van der Waals surface area contributed by atoms with Crippen molar-refractivity contribution in [3.05, 3.63) is 64.4 Å². The summed E-state index contributed by atoms with van der Waals surface area (Å²) in [5, 5.41) is 0.723. The summed E-state index contributed by atoms with van der Waals surface area (Å²) < 4.78 is 7.00. The molecule has 1 aliphatic rings. The van der Waals surface area contributed by atoms with Gasteiger partial charge in [0.1, 0.15) is 0 Å². The number of amides is 1. The third kappa shape index (κ3) is 4.59. The third-order valence-electron chi connectivity index (χ3n) is 6.03. The maximum atomic E-state index is 13.5. The van der Waals surface area contributed by atoms with Crippen molar-refractivity contribution in [2.24, 2.45) is 0 Å². The first kappa shape index (κ1) is 22.6. The summed E-state index contributed by atoms with van der Waals surface area (Å²) in [6.45, 7) is 8.55. The first-order valence-corrected chi connectivity index (χ1v) is 12.0. The van der Waals surface area contributed by atoms with Gasteiger partial charge in [0.15, 0.2) is 5.16 Å². The predicted molar refractivity (Wildman–Crippen MR) is 129 cm³/mol. The monoisotopic (exact) mass is 451 g/mol. The van der Waals surface area contributed by atoms with Gasteiger partial charge in [-0.2, -0.15) is 0 Å². The number of carbonyl (C=O) groups excluding carboxylic acids is 1. The lowest BCUT2D eigenvalue weighted by Crippen LogP contribution is -2.44. The fourth-order valence-electron chi connectivity index (χ4n) is 3.86. The minimum atomic E-state index is -0.369. The van der Waals surface area contributed by atoms with Gasteiger partial charge in [0, 0.05) is 13.1 Å². The second kappa shape index (κ2) is 9.88. The van der Waals surface area contributed by atoms with Crippen LogP contribution in [0.2, 0.25) is 0 Å². The highest BCUT2D eigenvalue weighted by Gasteiger charge is 2.25. The van der Waals surface area contributed by atoms with Gasteiger partial charge in [-0.1, -0.05) is 49.9 Å². The first-order valence-electron chi connectivity index (χ1n) is 11.1. The van der Waals surface area contributed by atoms with Crippen molar-refractivity contribution < 1.29 is 9.53 Å². The van der Waals surface area contributed by atoms with E-state index in [1.54, 1.807) is 10.6 Å². The van der Waals surface area contributed by atoms with Crippen LogP contribution in [0.15, 0.2) is 58.5 Å². The molecule has 168 valence electrons. The van der Waals surface area contributed by atoms with Crippen LogP contribution in [0.1, 0.15) is 38.7 Å². The molecule has 0 bridgehead atoms. The zero-order valence-electron chi connectivity index (χ0n) is 18.8. The predicted octanol–water partition coefficient (Wildman–Crippen LogP) is 4.24. The highest BCUT2D eigenvalue weighted by Crippen LogP contribution is 2.27. The number of morpholine rings is 1. The summed E-state index contributed by atoms with van der Waals surface area (Å²) >= 11 is 1.33. The van der Waals surface area contributed by atoms with Crippen molar-refractivity contribution in [1.29, 1.82) is 0 Å². The molecule has 32 heavy (non-hydrogen) atoms. The molecule has 2 unspecified atom stereocenters. The molecule has 2 atom stereocenters. The Kier molecular flexibility index (Phi) is 6.96. The molecule has 1 aromatic heterocycles. The standard InChI is InChI=1S/C25H29N3O3S/c1-4-17(2)19-9-11-20(12-10-19)28-24(30)21-7-5-6-8-22(21)26-25(28)32-18(3)23(29)27-13-15-31-16-14-27/h5-12,17-18H,4,13-16H2,1-3H3. The van der Waals surface area contributed by atoms with E-state index in [1.807, 2.05) is 42.2 Å². The van der Waals surface area contributed by atoms with Crippen molar-refractivity contribution in [2.45, 2.75) is 43.5 Å². The van der Waals surface area contributed by atoms with Gasteiger partial charge in [0.2, 0.25) is 5.91 Å². The van der Waals surface area contributed by atoms with Crippen LogP contribution < -0.4 is 5.56 Å². The largest absolute Gasteiger partial charge is 0.378 e. The molecule has 4 rings (SSSR count). The number of para-hydroxylation sites is 1. The van der Waals surface area contributed by atoms with Crippen LogP contribution in [0.5, 0.6) is 0 Å². The molecule has 0 spiro atoms. The molecule has 7 heteroatoms. The van der Waals surface area contributed by atoms with E-state index in [4.69, 9.17) is 9.72 Å². The van der Waals surface area contributed by atoms with E-state index in [-0.39, 0.29) is 16.7 Å². The molecule has 2 aromatic carbocycles. The van der Waals surface area contributed by atoms with Gasteiger partial charge >= 0.3 is 0 Å². The quantitative estimate of drug-likeness (QED) is 0.414. The van der Waals surface area contributed by atoms with Crippen LogP contribution in [-0.4, -0.2) is 51.9 Å². The molecular formula is C25H29N3O3S. The third-order valence-corrected chi connectivity index (χ3v) is 7.07. The Bertz CT molecular complexity index is 1150. The van der Waals surface area contributed by atoms with Crippen LogP contribution in [-0.2, 0) is 9.53 Å². The number of rotatable bonds is 6. The Morgan fingerprint density at radius 3 is 2.47 bits per heavy atom. The molecule has 2 heterocycles. The average molecular weight is 452 g/mol. The van der Waals surface area contributed by atoms with Gasteiger partial charge in [-0.15, -0.1) is 0 Å². The summed E-state index contributed by atoms with van der Waals surface area (Å²) in [6.07, 6.45) is 1.05. The number of ether oxygens (including phenoxy) is 1. The second-order valence-corrected chi connectivity index (χ2v) is 9.46. The number of hydrogen-bond donors (Lipinski definition) is 0. The first-order chi connectivity index (χ1) is 15.5. The van der Waals surface area contributed by atoms with Gasteiger partial charge in [0.25, 0.3) is 5.56 Å². The van der Waals surface area contributed by atoms with Crippen LogP contribution in [0, 0.1) is 0 Å². The lowest BCUT2D eigenvalue weighted by Gasteiger charge is -2.29. The van der Waals surface area contributed by atoms with E-state index < -0.39 is 0 Å². The van der Waals surface area contributed by atoms with E-state index in [9.17, 15) is 9.59 Å². The molecule has 1 fully saturated rings. The molecule has 0 N–H and O–H groups in total. The fraction of sp³-hybridized carbons (Fsp3) is 0.400. The van der Waals surface area contributed by atoms with Gasteiger partial charge < -0.3 is 9.64 Å². The summed E-state index contributed by atoms with van der Waals surface area (Å²) in [7, 11) is 0. The minimum absolute atomic E-state index is 0.0411. The highest BCUT2D eigenvalue weighted by molar-refractivity contribution is 8.00. The average Bonchev–Trinajstić information content (AvgIpc) is 2.84. The Balaban J connectivity index is 1.74. The lowest BCUT2D eigenvalue weighted by atomic mass is 9.98. The fourth-order valence-corrected chi connectivity index (χ4v) is 4.87.